The van der Waals surface area contributed by atoms with Crippen LogP contribution >= 0.6 is 0 Å². The molecule has 0 fully saturated rings. The Balaban J connectivity index is 1.84. The lowest BCUT2D eigenvalue weighted by atomic mass is 10.0. The second-order valence-corrected chi connectivity index (χ2v) is 7.41. The number of anilines is 1. The number of nitrogens with zero attached hydrogens (tertiary/aromatic N) is 2. The largest absolute Gasteiger partial charge is 0.345 e. The van der Waals surface area contributed by atoms with Gasteiger partial charge in [0.05, 0.1) is 11.3 Å². The van der Waals surface area contributed by atoms with E-state index in [1.54, 1.807) is 6.07 Å². The summed E-state index contributed by atoms with van der Waals surface area (Å²) in [5, 5.41) is 11.6. The number of rotatable bonds is 8. The van der Waals surface area contributed by atoms with Gasteiger partial charge in [0, 0.05) is 6.54 Å². The van der Waals surface area contributed by atoms with Crippen molar-refractivity contribution in [3.63, 3.8) is 0 Å². The Kier molecular flexibility index (Phi) is 6.51. The Morgan fingerprint density at radius 2 is 1.59 bits per heavy atom. The first-order chi connectivity index (χ1) is 13.1. The number of fused-ring (bicyclic) bond motifs is 1. The Hall–Kier alpha value is -2.33. The maximum Gasteiger partial charge on any atom is 0.281 e. The van der Waals surface area contributed by atoms with E-state index in [0.717, 1.165) is 34.8 Å². The summed E-state index contributed by atoms with van der Waals surface area (Å²) in [5.41, 5.74) is 3.56. The average Bonchev–Trinajstić information content (AvgIpc) is 2.69. The fourth-order valence-corrected chi connectivity index (χ4v) is 3.77. The molecule has 0 saturated heterocycles. The average molecular weight is 367 g/mol. The SMILES string of the molecule is CCCCCCCCN1c2ccccc2C(=O)N(O)C1c1ccc(C)cc1. The van der Waals surface area contributed by atoms with E-state index >= 15 is 0 Å². The fraction of sp³-hybridized carbons (Fsp3) is 0.435. The van der Waals surface area contributed by atoms with E-state index in [0.29, 0.717) is 5.56 Å². The number of aryl methyl sites for hydroxylation is 1. The number of hydrogen-bond acceptors (Lipinski definition) is 3. The van der Waals surface area contributed by atoms with Crippen molar-refractivity contribution in [2.45, 2.75) is 58.5 Å². The monoisotopic (exact) mass is 366 g/mol. The van der Waals surface area contributed by atoms with Gasteiger partial charge in [0.1, 0.15) is 0 Å². The van der Waals surface area contributed by atoms with Crippen LogP contribution in [0.2, 0.25) is 0 Å². The molecule has 2 aromatic rings. The van der Waals surface area contributed by atoms with Gasteiger partial charge in [0.15, 0.2) is 6.17 Å². The van der Waals surface area contributed by atoms with Crippen LogP contribution in [-0.2, 0) is 0 Å². The molecule has 1 unspecified atom stereocenters. The maximum atomic E-state index is 12.7. The summed E-state index contributed by atoms with van der Waals surface area (Å²) in [6, 6.07) is 15.6. The summed E-state index contributed by atoms with van der Waals surface area (Å²) in [4.78, 5) is 14.9. The van der Waals surface area contributed by atoms with E-state index in [9.17, 15) is 10.0 Å². The van der Waals surface area contributed by atoms with Gasteiger partial charge in [-0.2, -0.15) is 5.06 Å². The third-order valence-electron chi connectivity index (χ3n) is 5.31. The summed E-state index contributed by atoms with van der Waals surface area (Å²) in [6.45, 7) is 5.07. The molecule has 0 spiro atoms. The highest BCUT2D eigenvalue weighted by Crippen LogP contribution is 2.38. The molecule has 0 aliphatic carbocycles. The molecule has 0 saturated carbocycles. The predicted molar refractivity (Wildman–Crippen MR) is 109 cm³/mol. The van der Waals surface area contributed by atoms with Crippen molar-refractivity contribution in [1.29, 1.82) is 0 Å². The molecule has 144 valence electrons. The third kappa shape index (κ3) is 4.33. The van der Waals surface area contributed by atoms with E-state index in [1.165, 1.54) is 32.1 Å². The van der Waals surface area contributed by atoms with Gasteiger partial charge in [-0.25, -0.2) is 0 Å². The zero-order valence-electron chi connectivity index (χ0n) is 16.4. The Morgan fingerprint density at radius 1 is 0.926 bits per heavy atom. The number of carbonyl (C=O) groups excluding carboxylic acids is 1. The van der Waals surface area contributed by atoms with Crippen molar-refractivity contribution in [2.24, 2.45) is 0 Å². The Morgan fingerprint density at radius 3 is 2.33 bits per heavy atom. The molecule has 4 nitrogen and oxygen atoms in total. The molecule has 0 bridgehead atoms. The number of carbonyl (C=O) groups is 1. The maximum absolute atomic E-state index is 12.7. The summed E-state index contributed by atoms with van der Waals surface area (Å²) < 4.78 is 0. The summed E-state index contributed by atoms with van der Waals surface area (Å²) in [7, 11) is 0. The van der Waals surface area contributed by atoms with Gasteiger partial charge in [-0.1, -0.05) is 81.0 Å². The van der Waals surface area contributed by atoms with E-state index in [4.69, 9.17) is 0 Å². The summed E-state index contributed by atoms with van der Waals surface area (Å²) >= 11 is 0. The van der Waals surface area contributed by atoms with Crippen LogP contribution in [0.4, 0.5) is 5.69 Å². The predicted octanol–water partition coefficient (Wildman–Crippen LogP) is 5.71. The second kappa shape index (κ2) is 9.05. The molecule has 2 aromatic carbocycles. The van der Waals surface area contributed by atoms with Crippen molar-refractivity contribution in [1.82, 2.24) is 5.06 Å². The van der Waals surface area contributed by atoms with Crippen molar-refractivity contribution < 1.29 is 10.0 Å². The molecule has 1 amide bonds. The van der Waals surface area contributed by atoms with Gasteiger partial charge in [0.25, 0.3) is 5.91 Å². The van der Waals surface area contributed by atoms with Crippen LogP contribution in [0, 0.1) is 6.92 Å². The number of hydrogen-bond donors (Lipinski definition) is 1. The quantitative estimate of drug-likeness (QED) is 0.481. The van der Waals surface area contributed by atoms with Crippen LogP contribution in [0.5, 0.6) is 0 Å². The molecule has 4 heteroatoms. The van der Waals surface area contributed by atoms with Gasteiger partial charge in [0.2, 0.25) is 0 Å². The second-order valence-electron chi connectivity index (χ2n) is 7.41. The minimum atomic E-state index is -0.483. The van der Waals surface area contributed by atoms with Crippen LogP contribution in [-0.4, -0.2) is 22.7 Å². The Bertz CT molecular complexity index is 757. The van der Waals surface area contributed by atoms with Gasteiger partial charge in [-0.15, -0.1) is 0 Å². The van der Waals surface area contributed by atoms with Gasteiger partial charge in [-0.05, 0) is 31.0 Å². The number of hydroxylamine groups is 2. The van der Waals surface area contributed by atoms with E-state index < -0.39 is 6.17 Å². The first-order valence-corrected chi connectivity index (χ1v) is 10.1. The standard InChI is InChI=1S/C23H30N2O2/c1-3-4-5-6-7-10-17-24-21-12-9-8-11-20(21)23(26)25(27)22(24)19-15-13-18(2)14-16-19/h8-9,11-16,22,27H,3-7,10,17H2,1-2H3. The molecule has 1 N–H and O–H groups in total. The Labute approximate surface area is 162 Å². The van der Waals surface area contributed by atoms with Crippen molar-refractivity contribution in [3.05, 3.63) is 65.2 Å². The van der Waals surface area contributed by atoms with Gasteiger partial charge < -0.3 is 4.90 Å². The number of amides is 1. The smallest absolute Gasteiger partial charge is 0.281 e. The lowest BCUT2D eigenvalue weighted by Gasteiger charge is -2.42. The number of benzene rings is 2. The van der Waals surface area contributed by atoms with Gasteiger partial charge >= 0.3 is 0 Å². The van der Waals surface area contributed by atoms with Gasteiger partial charge in [-0.3, -0.25) is 10.0 Å². The van der Waals surface area contributed by atoms with E-state index in [2.05, 4.69) is 11.8 Å². The minimum absolute atomic E-state index is 0.338. The van der Waals surface area contributed by atoms with E-state index in [-0.39, 0.29) is 5.91 Å². The molecule has 1 aliphatic rings. The lowest BCUT2D eigenvalue weighted by molar-refractivity contribution is -0.0937. The summed E-state index contributed by atoms with van der Waals surface area (Å²) in [6.07, 6.45) is 6.78. The molecule has 1 heterocycles. The molecular weight excluding hydrogens is 336 g/mol. The van der Waals surface area contributed by atoms with Crippen LogP contribution in [0.1, 0.15) is 73.1 Å². The zero-order valence-corrected chi connectivity index (χ0v) is 16.4. The highest BCUT2D eigenvalue weighted by molar-refractivity contribution is 6.01. The van der Waals surface area contributed by atoms with Crippen LogP contribution in [0.3, 0.4) is 0 Å². The molecule has 0 radical (unpaired) electrons. The highest BCUT2D eigenvalue weighted by Gasteiger charge is 2.37. The van der Waals surface area contributed by atoms with Crippen LogP contribution in [0.15, 0.2) is 48.5 Å². The normalized spacial score (nSPS) is 16.6. The molecule has 3 rings (SSSR count). The highest BCUT2D eigenvalue weighted by atomic mass is 16.5. The number of unbranched alkanes of at least 4 members (excludes halogenated alkanes) is 5. The minimum Gasteiger partial charge on any atom is -0.345 e. The van der Waals surface area contributed by atoms with Crippen molar-refractivity contribution in [3.8, 4) is 0 Å². The number of para-hydroxylation sites is 1. The molecule has 0 aromatic heterocycles. The molecular formula is C23H30N2O2. The molecule has 1 atom stereocenters. The molecule has 1 aliphatic heterocycles. The first kappa shape index (κ1) is 19.4. The third-order valence-corrected chi connectivity index (χ3v) is 5.31. The molecule has 27 heavy (non-hydrogen) atoms. The zero-order chi connectivity index (χ0) is 19.2. The van der Waals surface area contributed by atoms with Crippen molar-refractivity contribution >= 4 is 11.6 Å². The van der Waals surface area contributed by atoms with Crippen LogP contribution in [0.25, 0.3) is 0 Å². The summed E-state index contributed by atoms with van der Waals surface area (Å²) in [5.74, 6) is -0.338. The topological polar surface area (TPSA) is 43.8 Å². The first-order valence-electron chi connectivity index (χ1n) is 10.1. The lowest BCUT2D eigenvalue weighted by Crippen LogP contribution is -2.48. The fourth-order valence-electron chi connectivity index (χ4n) is 3.77. The van der Waals surface area contributed by atoms with Crippen LogP contribution < -0.4 is 4.90 Å². The van der Waals surface area contributed by atoms with Crippen molar-refractivity contribution in [2.75, 3.05) is 11.4 Å². The van der Waals surface area contributed by atoms with E-state index in [1.807, 2.05) is 49.4 Å².